The first-order valence-corrected chi connectivity index (χ1v) is 9.80. The van der Waals surface area contributed by atoms with Crippen LogP contribution in [0.1, 0.15) is 46.3 Å². The molecule has 1 unspecified atom stereocenters. The summed E-state index contributed by atoms with van der Waals surface area (Å²) in [5.74, 6) is 0.659. The van der Waals surface area contributed by atoms with Gasteiger partial charge in [0.1, 0.15) is 5.75 Å². The van der Waals surface area contributed by atoms with Gasteiger partial charge in [-0.1, -0.05) is 12.1 Å². The van der Waals surface area contributed by atoms with Gasteiger partial charge in [0.2, 0.25) is 10.0 Å². The molecule has 0 spiro atoms. The number of rotatable bonds is 5. The standard InChI is InChI=1S/C20H27NO3S/c1-12-8-14(3)19(11-13(12)2)17(6)21-25(22,23)20-15(4)9-18(24-7)10-16(20)5/h8-11,17,21H,1-7H3. The molecule has 25 heavy (non-hydrogen) atoms. The van der Waals surface area contributed by atoms with E-state index in [0.717, 1.165) is 16.7 Å². The van der Waals surface area contributed by atoms with E-state index in [0.29, 0.717) is 21.8 Å². The number of hydrogen-bond acceptors (Lipinski definition) is 3. The highest BCUT2D eigenvalue weighted by atomic mass is 32.2. The lowest BCUT2D eigenvalue weighted by Gasteiger charge is -2.20. The number of sulfonamides is 1. The summed E-state index contributed by atoms with van der Waals surface area (Å²) in [6.45, 7) is 11.6. The number of hydrogen-bond donors (Lipinski definition) is 1. The third-order valence-corrected chi connectivity index (χ3v) is 6.46. The summed E-state index contributed by atoms with van der Waals surface area (Å²) < 4.78 is 34.0. The minimum absolute atomic E-state index is 0.315. The van der Waals surface area contributed by atoms with Gasteiger partial charge in [-0.05, 0) is 87.1 Å². The fourth-order valence-electron chi connectivity index (χ4n) is 3.26. The van der Waals surface area contributed by atoms with Crippen LogP contribution in [0.5, 0.6) is 5.75 Å². The van der Waals surface area contributed by atoms with Crippen LogP contribution < -0.4 is 9.46 Å². The van der Waals surface area contributed by atoms with Crippen LogP contribution in [0.4, 0.5) is 0 Å². The second-order valence-electron chi connectivity index (χ2n) is 6.73. The SMILES string of the molecule is COc1cc(C)c(S(=O)(=O)NC(C)c2cc(C)c(C)cc2C)c(C)c1. The van der Waals surface area contributed by atoms with E-state index < -0.39 is 10.0 Å². The molecule has 1 atom stereocenters. The predicted molar refractivity (Wildman–Crippen MR) is 102 cm³/mol. The maximum atomic E-state index is 13.0. The van der Waals surface area contributed by atoms with Gasteiger partial charge in [0.25, 0.3) is 0 Å². The van der Waals surface area contributed by atoms with Crippen molar-refractivity contribution in [2.45, 2.75) is 52.5 Å². The summed E-state index contributed by atoms with van der Waals surface area (Å²) in [5.41, 5.74) is 5.79. The average Bonchev–Trinajstić information content (AvgIpc) is 2.49. The normalized spacial score (nSPS) is 12.9. The second kappa shape index (κ2) is 7.18. The van der Waals surface area contributed by atoms with Crippen molar-refractivity contribution < 1.29 is 13.2 Å². The van der Waals surface area contributed by atoms with Crippen LogP contribution in [-0.2, 0) is 10.0 Å². The largest absolute Gasteiger partial charge is 0.497 e. The molecule has 0 aliphatic rings. The quantitative estimate of drug-likeness (QED) is 0.865. The predicted octanol–water partition coefficient (Wildman–Crippen LogP) is 4.28. The maximum absolute atomic E-state index is 13.0. The van der Waals surface area contributed by atoms with E-state index in [1.807, 2.05) is 20.8 Å². The van der Waals surface area contributed by atoms with Crippen LogP contribution in [-0.4, -0.2) is 15.5 Å². The van der Waals surface area contributed by atoms with Gasteiger partial charge in [0.05, 0.1) is 12.0 Å². The van der Waals surface area contributed by atoms with E-state index in [2.05, 4.69) is 23.8 Å². The Bertz CT molecular complexity index is 878. The lowest BCUT2D eigenvalue weighted by molar-refractivity contribution is 0.413. The molecule has 2 rings (SSSR count). The highest BCUT2D eigenvalue weighted by Gasteiger charge is 2.24. The molecule has 0 aliphatic heterocycles. The number of benzene rings is 2. The van der Waals surface area contributed by atoms with Crippen LogP contribution in [0.3, 0.4) is 0 Å². The molecule has 4 nitrogen and oxygen atoms in total. The lowest BCUT2D eigenvalue weighted by atomic mass is 9.97. The van der Waals surface area contributed by atoms with E-state index in [9.17, 15) is 8.42 Å². The average molecular weight is 362 g/mol. The molecule has 0 heterocycles. The summed E-state index contributed by atoms with van der Waals surface area (Å²) in [5, 5.41) is 0. The Balaban J connectivity index is 2.41. The topological polar surface area (TPSA) is 55.4 Å². The smallest absolute Gasteiger partial charge is 0.241 e. The highest BCUT2D eigenvalue weighted by Crippen LogP contribution is 2.28. The van der Waals surface area contributed by atoms with Crippen molar-refractivity contribution in [1.29, 1.82) is 0 Å². The first kappa shape index (κ1) is 19.5. The van der Waals surface area contributed by atoms with Gasteiger partial charge in [-0.3, -0.25) is 0 Å². The minimum atomic E-state index is -3.64. The molecule has 0 saturated heterocycles. The Kier molecular flexibility index (Phi) is 5.59. The maximum Gasteiger partial charge on any atom is 0.241 e. The fraction of sp³-hybridized carbons (Fsp3) is 0.400. The van der Waals surface area contributed by atoms with Crippen molar-refractivity contribution in [2.24, 2.45) is 0 Å². The molecule has 0 aromatic heterocycles. The van der Waals surface area contributed by atoms with Gasteiger partial charge in [-0.2, -0.15) is 0 Å². The second-order valence-corrected chi connectivity index (χ2v) is 8.38. The van der Waals surface area contributed by atoms with Crippen molar-refractivity contribution in [3.05, 3.63) is 57.6 Å². The molecule has 5 heteroatoms. The van der Waals surface area contributed by atoms with Crippen molar-refractivity contribution in [2.75, 3.05) is 7.11 Å². The van der Waals surface area contributed by atoms with Crippen molar-refractivity contribution in [3.8, 4) is 5.75 Å². The van der Waals surface area contributed by atoms with Gasteiger partial charge in [-0.25, -0.2) is 13.1 Å². The zero-order valence-electron chi connectivity index (χ0n) is 16.0. The van der Waals surface area contributed by atoms with Crippen LogP contribution in [0.15, 0.2) is 29.2 Å². The van der Waals surface area contributed by atoms with Crippen LogP contribution >= 0.6 is 0 Å². The third kappa shape index (κ3) is 4.05. The molecule has 2 aromatic carbocycles. The van der Waals surface area contributed by atoms with Crippen LogP contribution in [0.2, 0.25) is 0 Å². The summed E-state index contributed by atoms with van der Waals surface area (Å²) in [4.78, 5) is 0.321. The summed E-state index contributed by atoms with van der Waals surface area (Å²) in [7, 11) is -2.06. The molecular weight excluding hydrogens is 334 g/mol. The first-order chi connectivity index (χ1) is 11.6. The van der Waals surface area contributed by atoms with Gasteiger partial charge < -0.3 is 4.74 Å². The fourth-order valence-corrected chi connectivity index (χ4v) is 4.93. The van der Waals surface area contributed by atoms with E-state index >= 15 is 0 Å². The number of ether oxygens (including phenoxy) is 1. The van der Waals surface area contributed by atoms with E-state index in [-0.39, 0.29) is 6.04 Å². The Morgan fingerprint density at radius 3 is 1.88 bits per heavy atom. The van der Waals surface area contributed by atoms with Crippen molar-refractivity contribution in [1.82, 2.24) is 4.72 Å². The summed E-state index contributed by atoms with van der Waals surface area (Å²) in [6.07, 6.45) is 0. The molecule has 0 amide bonds. The molecule has 0 fully saturated rings. The zero-order chi connectivity index (χ0) is 18.9. The van der Waals surface area contributed by atoms with Gasteiger partial charge in [0, 0.05) is 6.04 Å². The first-order valence-electron chi connectivity index (χ1n) is 8.32. The highest BCUT2D eigenvalue weighted by molar-refractivity contribution is 7.89. The number of nitrogens with one attached hydrogen (secondary N) is 1. The number of methoxy groups -OCH3 is 1. The van der Waals surface area contributed by atoms with E-state index in [1.54, 1.807) is 33.1 Å². The zero-order valence-corrected chi connectivity index (χ0v) is 16.8. The van der Waals surface area contributed by atoms with Crippen LogP contribution in [0.25, 0.3) is 0 Å². The summed E-state index contributed by atoms with van der Waals surface area (Å²) >= 11 is 0. The van der Waals surface area contributed by atoms with E-state index in [1.165, 1.54) is 5.56 Å². The van der Waals surface area contributed by atoms with Gasteiger partial charge in [-0.15, -0.1) is 0 Å². The molecule has 1 N–H and O–H groups in total. The molecule has 0 radical (unpaired) electrons. The van der Waals surface area contributed by atoms with E-state index in [4.69, 9.17) is 4.74 Å². The molecule has 0 saturated carbocycles. The molecule has 2 aromatic rings. The Labute approximate surface area is 151 Å². The Morgan fingerprint density at radius 2 is 1.36 bits per heavy atom. The van der Waals surface area contributed by atoms with Crippen LogP contribution in [0, 0.1) is 34.6 Å². The Morgan fingerprint density at radius 1 is 0.840 bits per heavy atom. The molecule has 0 bridgehead atoms. The monoisotopic (exact) mass is 361 g/mol. The number of aryl methyl sites for hydroxylation is 5. The molecular formula is C20H27NO3S. The minimum Gasteiger partial charge on any atom is -0.497 e. The Hall–Kier alpha value is -1.85. The van der Waals surface area contributed by atoms with Gasteiger partial charge in [0.15, 0.2) is 0 Å². The molecule has 136 valence electrons. The van der Waals surface area contributed by atoms with Crippen molar-refractivity contribution >= 4 is 10.0 Å². The van der Waals surface area contributed by atoms with Gasteiger partial charge >= 0.3 is 0 Å². The molecule has 0 aliphatic carbocycles. The summed E-state index contributed by atoms with van der Waals surface area (Å²) in [6, 6.07) is 7.33. The lowest BCUT2D eigenvalue weighted by Crippen LogP contribution is -2.28. The van der Waals surface area contributed by atoms with Crippen molar-refractivity contribution in [3.63, 3.8) is 0 Å². The third-order valence-electron chi connectivity index (χ3n) is 4.62.